The van der Waals surface area contributed by atoms with E-state index < -0.39 is 17.8 Å². The summed E-state index contributed by atoms with van der Waals surface area (Å²) in [6.45, 7) is 8.91. The molecule has 2 aromatic carbocycles. The summed E-state index contributed by atoms with van der Waals surface area (Å²) in [5, 5.41) is 0. The lowest BCUT2D eigenvalue weighted by molar-refractivity contribution is -0.137. The molecule has 0 aromatic heterocycles. The molecule has 6 heteroatoms. The maximum absolute atomic E-state index is 13.3. The van der Waals surface area contributed by atoms with Gasteiger partial charge in [-0.1, -0.05) is 44.2 Å². The minimum atomic E-state index is -4.37. The van der Waals surface area contributed by atoms with Gasteiger partial charge in [0.25, 0.3) is 0 Å². The van der Waals surface area contributed by atoms with Gasteiger partial charge in [0.05, 0.1) is 5.56 Å². The van der Waals surface area contributed by atoms with Gasteiger partial charge in [0, 0.05) is 39.1 Å². The van der Waals surface area contributed by atoms with Crippen LogP contribution >= 0.6 is 0 Å². The highest BCUT2D eigenvalue weighted by atomic mass is 19.4. The molecule has 0 bridgehead atoms. The van der Waals surface area contributed by atoms with Crippen LogP contribution in [-0.4, -0.2) is 49.6 Å². The number of nitrogens with zero attached hydrogens (tertiary/aromatic N) is 2. The fraction of sp³-hybridized carbons (Fsp3) is 0.500. The van der Waals surface area contributed by atoms with E-state index in [-0.39, 0.29) is 5.92 Å². The van der Waals surface area contributed by atoms with Crippen molar-refractivity contribution in [1.82, 2.24) is 9.80 Å². The molecule has 2 aromatic rings. The van der Waals surface area contributed by atoms with Crippen molar-refractivity contribution in [3.63, 3.8) is 0 Å². The monoisotopic (exact) mass is 420 g/mol. The molecule has 0 aliphatic carbocycles. The third kappa shape index (κ3) is 5.99. The summed E-state index contributed by atoms with van der Waals surface area (Å²) >= 11 is 0. The van der Waals surface area contributed by atoms with Crippen molar-refractivity contribution < 1.29 is 17.9 Å². The first-order chi connectivity index (χ1) is 14.2. The Morgan fingerprint density at radius 3 is 2.33 bits per heavy atom. The molecule has 0 radical (unpaired) electrons. The second-order valence-electron chi connectivity index (χ2n) is 8.36. The predicted molar refractivity (Wildman–Crippen MR) is 114 cm³/mol. The zero-order valence-corrected chi connectivity index (χ0v) is 18.0. The molecule has 1 heterocycles. The van der Waals surface area contributed by atoms with Crippen LogP contribution in [0.3, 0.4) is 0 Å². The topological polar surface area (TPSA) is 15.7 Å². The zero-order chi connectivity index (χ0) is 21.7. The zero-order valence-electron chi connectivity index (χ0n) is 18.0. The molecular weight excluding hydrogens is 389 g/mol. The molecule has 3 nitrogen and oxygen atoms in total. The fourth-order valence-corrected chi connectivity index (χ4v) is 3.80. The summed E-state index contributed by atoms with van der Waals surface area (Å²) in [6.07, 6.45) is -4.17. The van der Waals surface area contributed by atoms with Gasteiger partial charge in [-0.25, -0.2) is 0 Å². The van der Waals surface area contributed by atoms with Crippen LogP contribution in [-0.2, 0) is 6.18 Å². The first kappa shape index (κ1) is 22.6. The Morgan fingerprint density at radius 2 is 1.67 bits per heavy atom. The molecule has 1 aliphatic heterocycles. The van der Waals surface area contributed by atoms with E-state index in [1.807, 2.05) is 24.3 Å². The smallest absolute Gasteiger partial charge is 0.416 e. The van der Waals surface area contributed by atoms with Gasteiger partial charge in [-0.15, -0.1) is 0 Å². The lowest BCUT2D eigenvalue weighted by atomic mass is 10.0. The van der Waals surface area contributed by atoms with Crippen molar-refractivity contribution in [3.05, 3.63) is 65.2 Å². The minimum Gasteiger partial charge on any atom is -0.485 e. The van der Waals surface area contributed by atoms with Crippen LogP contribution in [0, 0.1) is 0 Å². The number of ether oxygens (including phenoxy) is 1. The summed E-state index contributed by atoms with van der Waals surface area (Å²) in [6, 6.07) is 13.3. The normalized spacial score (nSPS) is 17.3. The number of likely N-dealkylation sites (N-methyl/N-ethyl adjacent to an activating group) is 1. The molecule has 0 N–H and O–H groups in total. The quantitative estimate of drug-likeness (QED) is 0.581. The number of alkyl halides is 3. The van der Waals surface area contributed by atoms with Crippen LogP contribution in [0.1, 0.15) is 49.0 Å². The molecule has 1 atom stereocenters. The van der Waals surface area contributed by atoms with Gasteiger partial charge in [0.2, 0.25) is 0 Å². The van der Waals surface area contributed by atoms with Crippen LogP contribution in [0.15, 0.2) is 48.5 Å². The highest BCUT2D eigenvalue weighted by Crippen LogP contribution is 2.35. The summed E-state index contributed by atoms with van der Waals surface area (Å²) in [7, 11) is 2.11. The van der Waals surface area contributed by atoms with Crippen LogP contribution in [0.5, 0.6) is 5.75 Å². The Bertz CT molecular complexity index is 814. The fourth-order valence-electron chi connectivity index (χ4n) is 3.80. The number of hydrogen-bond donors (Lipinski definition) is 0. The first-order valence-electron chi connectivity index (χ1n) is 10.6. The van der Waals surface area contributed by atoms with Crippen LogP contribution in [0.4, 0.5) is 13.2 Å². The van der Waals surface area contributed by atoms with Crippen LogP contribution in [0.2, 0.25) is 0 Å². The van der Waals surface area contributed by atoms with E-state index in [0.717, 1.165) is 50.1 Å². The van der Waals surface area contributed by atoms with Gasteiger partial charge in [0.15, 0.2) is 0 Å². The summed E-state index contributed by atoms with van der Waals surface area (Å²) in [5.41, 5.74) is 0.997. The molecule has 1 saturated heterocycles. The Balaban J connectivity index is 1.83. The molecule has 3 rings (SSSR count). The second kappa shape index (κ2) is 9.84. The number of piperazine rings is 1. The predicted octanol–water partition coefficient (Wildman–Crippen LogP) is 5.59. The maximum Gasteiger partial charge on any atom is 0.416 e. The Hall–Kier alpha value is -2.05. The summed E-state index contributed by atoms with van der Waals surface area (Å²) in [4.78, 5) is 4.65. The molecule has 164 valence electrons. The molecule has 0 amide bonds. The molecule has 30 heavy (non-hydrogen) atoms. The number of para-hydroxylation sites is 1. The largest absolute Gasteiger partial charge is 0.485 e. The second-order valence-corrected chi connectivity index (χ2v) is 8.36. The highest BCUT2D eigenvalue weighted by molar-refractivity contribution is 5.37. The van der Waals surface area contributed by atoms with E-state index in [4.69, 9.17) is 4.74 Å². The van der Waals surface area contributed by atoms with E-state index >= 15 is 0 Å². The number of halogens is 3. The first-order valence-corrected chi connectivity index (χ1v) is 10.6. The standard InChI is InChI=1S/C24H31F3N2O/c1-18(2)21-9-4-5-10-23(21)30-22(11-12-29-15-13-28(3)14-16-29)19-7-6-8-20(17-19)24(25,26)27/h4-10,17-18,22H,11-16H2,1-3H3. The summed E-state index contributed by atoms with van der Waals surface area (Å²) < 4.78 is 46.2. The van der Waals surface area contributed by atoms with Crippen molar-refractivity contribution in [2.75, 3.05) is 39.8 Å². The Morgan fingerprint density at radius 1 is 0.967 bits per heavy atom. The van der Waals surface area contributed by atoms with E-state index in [1.165, 1.54) is 12.1 Å². The SMILES string of the molecule is CC(C)c1ccccc1OC(CCN1CCN(C)CC1)c1cccc(C(F)(F)F)c1. The molecular formula is C24H31F3N2O. The van der Waals surface area contributed by atoms with Gasteiger partial charge < -0.3 is 14.5 Å². The molecule has 1 fully saturated rings. The maximum atomic E-state index is 13.3. The minimum absolute atomic E-state index is 0.265. The molecule has 0 spiro atoms. The highest BCUT2D eigenvalue weighted by Gasteiger charge is 2.31. The Kier molecular flexibility index (Phi) is 7.42. The molecule has 1 unspecified atom stereocenters. The third-order valence-electron chi connectivity index (χ3n) is 5.70. The van der Waals surface area contributed by atoms with Crippen LogP contribution < -0.4 is 4.74 Å². The Labute approximate surface area is 177 Å². The van der Waals surface area contributed by atoms with Crippen molar-refractivity contribution in [3.8, 4) is 5.75 Å². The van der Waals surface area contributed by atoms with Gasteiger partial charge >= 0.3 is 6.18 Å². The van der Waals surface area contributed by atoms with Crippen molar-refractivity contribution in [2.24, 2.45) is 0 Å². The van der Waals surface area contributed by atoms with Gasteiger partial charge in [-0.3, -0.25) is 0 Å². The number of rotatable bonds is 7. The molecule has 0 saturated carbocycles. The van der Waals surface area contributed by atoms with Gasteiger partial charge in [-0.05, 0) is 42.3 Å². The van der Waals surface area contributed by atoms with E-state index in [0.29, 0.717) is 12.0 Å². The van der Waals surface area contributed by atoms with E-state index in [1.54, 1.807) is 6.07 Å². The lowest BCUT2D eigenvalue weighted by Crippen LogP contribution is -2.45. The van der Waals surface area contributed by atoms with Gasteiger partial charge in [-0.2, -0.15) is 13.2 Å². The third-order valence-corrected chi connectivity index (χ3v) is 5.70. The number of benzene rings is 2. The molecule has 1 aliphatic rings. The van der Waals surface area contributed by atoms with Crippen molar-refractivity contribution in [1.29, 1.82) is 0 Å². The number of hydrogen-bond acceptors (Lipinski definition) is 3. The van der Waals surface area contributed by atoms with E-state index in [2.05, 4.69) is 30.7 Å². The summed E-state index contributed by atoms with van der Waals surface area (Å²) in [5.74, 6) is 1.01. The van der Waals surface area contributed by atoms with E-state index in [9.17, 15) is 13.2 Å². The van der Waals surface area contributed by atoms with Crippen molar-refractivity contribution in [2.45, 2.75) is 38.5 Å². The average molecular weight is 421 g/mol. The average Bonchev–Trinajstić information content (AvgIpc) is 2.72. The lowest BCUT2D eigenvalue weighted by Gasteiger charge is -2.33. The van der Waals surface area contributed by atoms with Crippen LogP contribution in [0.25, 0.3) is 0 Å². The van der Waals surface area contributed by atoms with Gasteiger partial charge in [0.1, 0.15) is 11.9 Å². The van der Waals surface area contributed by atoms with Crippen molar-refractivity contribution >= 4 is 0 Å².